The minimum Gasteiger partial charge on any atom is -0.348 e. The maximum Gasteiger partial charge on any atom is 0.321 e. The third-order valence-electron chi connectivity index (χ3n) is 4.44. The Balaban J connectivity index is 1.64. The van der Waals surface area contributed by atoms with Gasteiger partial charge >= 0.3 is 6.03 Å². The molecule has 3 N–H and O–H groups in total. The Bertz CT molecular complexity index is 558. The van der Waals surface area contributed by atoms with Crippen LogP contribution in [-0.4, -0.2) is 44.2 Å². The molecule has 6 nitrogen and oxygen atoms in total. The Morgan fingerprint density at radius 2 is 2.05 bits per heavy atom. The van der Waals surface area contributed by atoms with Crippen molar-refractivity contribution >= 4 is 17.6 Å². The first-order valence-electron chi connectivity index (χ1n) is 7.82. The highest BCUT2D eigenvalue weighted by Crippen LogP contribution is 2.18. The van der Waals surface area contributed by atoms with Gasteiger partial charge in [-0.1, -0.05) is 6.92 Å². The minimum atomic E-state index is -0.0840. The molecule has 22 heavy (non-hydrogen) atoms. The molecule has 2 fully saturated rings. The number of amides is 3. The number of anilines is 1. The number of rotatable bonds is 3. The predicted molar refractivity (Wildman–Crippen MR) is 85.1 cm³/mol. The molecule has 1 aromatic rings. The second kappa shape index (κ2) is 6.36. The first kappa shape index (κ1) is 14.8. The van der Waals surface area contributed by atoms with Gasteiger partial charge < -0.3 is 16.0 Å². The van der Waals surface area contributed by atoms with Crippen LogP contribution >= 0.6 is 0 Å². The van der Waals surface area contributed by atoms with E-state index in [2.05, 4.69) is 22.9 Å². The molecule has 3 rings (SSSR count). The van der Waals surface area contributed by atoms with Gasteiger partial charge in [0.25, 0.3) is 5.91 Å². The van der Waals surface area contributed by atoms with Gasteiger partial charge in [-0.2, -0.15) is 0 Å². The Morgan fingerprint density at radius 1 is 1.27 bits per heavy atom. The summed E-state index contributed by atoms with van der Waals surface area (Å²) in [5.41, 5.74) is 1.44. The molecule has 2 aliphatic heterocycles. The molecular formula is C16H22N4O2. The average Bonchev–Trinajstić information content (AvgIpc) is 2.96. The summed E-state index contributed by atoms with van der Waals surface area (Å²) >= 11 is 0. The molecule has 0 bridgehead atoms. The van der Waals surface area contributed by atoms with Crippen LogP contribution in [-0.2, 0) is 0 Å². The van der Waals surface area contributed by atoms with Gasteiger partial charge in [0.1, 0.15) is 0 Å². The minimum absolute atomic E-state index is 0.0574. The van der Waals surface area contributed by atoms with Crippen LogP contribution in [0.25, 0.3) is 0 Å². The Kier molecular flexibility index (Phi) is 4.29. The number of benzene rings is 1. The lowest BCUT2D eigenvalue weighted by Gasteiger charge is -2.30. The maximum absolute atomic E-state index is 12.3. The van der Waals surface area contributed by atoms with Crippen molar-refractivity contribution in [3.8, 4) is 0 Å². The van der Waals surface area contributed by atoms with E-state index in [1.165, 1.54) is 0 Å². The maximum atomic E-state index is 12.3. The third kappa shape index (κ3) is 3.06. The zero-order valence-corrected chi connectivity index (χ0v) is 12.8. The van der Waals surface area contributed by atoms with E-state index in [0.29, 0.717) is 24.6 Å². The molecule has 0 spiro atoms. The molecule has 2 heterocycles. The van der Waals surface area contributed by atoms with Crippen molar-refractivity contribution < 1.29 is 9.59 Å². The monoisotopic (exact) mass is 302 g/mol. The van der Waals surface area contributed by atoms with Crippen LogP contribution in [0.5, 0.6) is 0 Å². The number of hydrogen-bond donors (Lipinski definition) is 3. The van der Waals surface area contributed by atoms with Crippen molar-refractivity contribution in [2.24, 2.45) is 5.92 Å². The summed E-state index contributed by atoms with van der Waals surface area (Å²) < 4.78 is 0. The standard InChI is InChI=1S/C16H22N4O2/c1-11-6-7-17-10-14(11)19-15(21)12-2-4-13(5-3-12)20-9-8-18-16(20)22/h2-5,11,14,17H,6-10H2,1H3,(H,18,22)(H,19,21). The van der Waals surface area contributed by atoms with E-state index in [1.54, 1.807) is 17.0 Å². The summed E-state index contributed by atoms with van der Waals surface area (Å²) in [7, 11) is 0. The van der Waals surface area contributed by atoms with E-state index in [9.17, 15) is 9.59 Å². The molecule has 2 saturated heterocycles. The van der Waals surface area contributed by atoms with Gasteiger partial charge in [-0.15, -0.1) is 0 Å². The summed E-state index contributed by atoms with van der Waals surface area (Å²) in [4.78, 5) is 25.6. The molecule has 0 aliphatic carbocycles. The fourth-order valence-corrected chi connectivity index (χ4v) is 2.95. The summed E-state index contributed by atoms with van der Waals surface area (Å²) in [5.74, 6) is 0.427. The van der Waals surface area contributed by atoms with Gasteiger partial charge in [-0.25, -0.2) is 4.79 Å². The molecule has 0 saturated carbocycles. The van der Waals surface area contributed by atoms with Crippen LogP contribution in [0.3, 0.4) is 0 Å². The highest BCUT2D eigenvalue weighted by Gasteiger charge is 2.24. The van der Waals surface area contributed by atoms with Gasteiger partial charge in [0, 0.05) is 36.9 Å². The zero-order valence-electron chi connectivity index (χ0n) is 12.8. The summed E-state index contributed by atoms with van der Waals surface area (Å²) in [5, 5.41) is 9.16. The van der Waals surface area contributed by atoms with Crippen LogP contribution in [0.1, 0.15) is 23.7 Å². The van der Waals surface area contributed by atoms with Crippen molar-refractivity contribution in [2.45, 2.75) is 19.4 Å². The first-order valence-corrected chi connectivity index (χ1v) is 7.82. The average molecular weight is 302 g/mol. The molecule has 3 amide bonds. The molecular weight excluding hydrogens is 280 g/mol. The fourth-order valence-electron chi connectivity index (χ4n) is 2.95. The van der Waals surface area contributed by atoms with E-state index in [-0.39, 0.29) is 18.0 Å². The molecule has 6 heteroatoms. The Labute approximate surface area is 130 Å². The van der Waals surface area contributed by atoms with Crippen molar-refractivity contribution in [1.82, 2.24) is 16.0 Å². The smallest absolute Gasteiger partial charge is 0.321 e. The van der Waals surface area contributed by atoms with Crippen molar-refractivity contribution in [3.63, 3.8) is 0 Å². The highest BCUT2D eigenvalue weighted by molar-refractivity contribution is 5.97. The molecule has 0 aromatic heterocycles. The van der Waals surface area contributed by atoms with E-state index < -0.39 is 0 Å². The zero-order chi connectivity index (χ0) is 15.5. The van der Waals surface area contributed by atoms with E-state index in [0.717, 1.165) is 25.2 Å². The Morgan fingerprint density at radius 3 is 2.68 bits per heavy atom. The number of hydrogen-bond acceptors (Lipinski definition) is 3. The summed E-state index contributed by atoms with van der Waals surface area (Å²) in [6.07, 6.45) is 1.08. The van der Waals surface area contributed by atoms with E-state index >= 15 is 0 Å². The van der Waals surface area contributed by atoms with Crippen LogP contribution in [0, 0.1) is 5.92 Å². The molecule has 118 valence electrons. The van der Waals surface area contributed by atoms with Gasteiger partial charge in [-0.3, -0.25) is 9.69 Å². The van der Waals surface area contributed by atoms with Crippen molar-refractivity contribution in [3.05, 3.63) is 29.8 Å². The topological polar surface area (TPSA) is 73.5 Å². The number of urea groups is 1. The van der Waals surface area contributed by atoms with Crippen LogP contribution in [0.4, 0.5) is 10.5 Å². The van der Waals surface area contributed by atoms with Gasteiger partial charge in [0.2, 0.25) is 0 Å². The highest BCUT2D eigenvalue weighted by atomic mass is 16.2. The number of nitrogens with one attached hydrogen (secondary N) is 3. The van der Waals surface area contributed by atoms with Crippen LogP contribution in [0.15, 0.2) is 24.3 Å². The number of carbonyl (C=O) groups excluding carboxylic acids is 2. The van der Waals surface area contributed by atoms with Crippen LogP contribution in [0.2, 0.25) is 0 Å². The molecule has 0 radical (unpaired) electrons. The summed E-state index contributed by atoms with van der Waals surface area (Å²) in [6, 6.07) is 7.28. The SMILES string of the molecule is CC1CCNCC1NC(=O)c1ccc(N2CCNC2=O)cc1. The summed E-state index contributed by atoms with van der Waals surface area (Å²) in [6.45, 7) is 5.32. The van der Waals surface area contributed by atoms with Crippen LogP contribution < -0.4 is 20.9 Å². The van der Waals surface area contributed by atoms with Gasteiger partial charge in [-0.05, 0) is 43.1 Å². The quantitative estimate of drug-likeness (QED) is 0.778. The Hall–Kier alpha value is -2.08. The molecule has 2 aliphatic rings. The number of nitrogens with zero attached hydrogens (tertiary/aromatic N) is 1. The normalized spacial score (nSPS) is 25.0. The first-order chi connectivity index (χ1) is 10.6. The molecule has 2 atom stereocenters. The molecule has 1 aromatic carbocycles. The molecule has 2 unspecified atom stereocenters. The van der Waals surface area contributed by atoms with Crippen molar-refractivity contribution in [2.75, 3.05) is 31.1 Å². The van der Waals surface area contributed by atoms with Gasteiger partial charge in [0.05, 0.1) is 0 Å². The predicted octanol–water partition coefficient (Wildman–Crippen LogP) is 0.944. The number of piperidine rings is 1. The lowest BCUT2D eigenvalue weighted by molar-refractivity contribution is 0.0915. The van der Waals surface area contributed by atoms with E-state index in [4.69, 9.17) is 0 Å². The second-order valence-electron chi connectivity index (χ2n) is 5.98. The third-order valence-corrected chi connectivity index (χ3v) is 4.44. The van der Waals surface area contributed by atoms with Crippen molar-refractivity contribution in [1.29, 1.82) is 0 Å². The number of carbonyl (C=O) groups is 2. The lowest BCUT2D eigenvalue weighted by Crippen LogP contribution is -2.50. The fraction of sp³-hybridized carbons (Fsp3) is 0.500. The van der Waals surface area contributed by atoms with Gasteiger partial charge in [0.15, 0.2) is 0 Å². The van der Waals surface area contributed by atoms with E-state index in [1.807, 2.05) is 12.1 Å². The lowest BCUT2D eigenvalue weighted by atomic mass is 9.94. The largest absolute Gasteiger partial charge is 0.348 e. The second-order valence-corrected chi connectivity index (χ2v) is 5.98.